The van der Waals surface area contributed by atoms with E-state index in [4.69, 9.17) is 14.2 Å². The number of aryl methyl sites for hydroxylation is 1. The zero-order valence-corrected chi connectivity index (χ0v) is 25.5. The predicted molar refractivity (Wildman–Crippen MR) is 159 cm³/mol. The third-order valence-corrected chi connectivity index (χ3v) is 8.30. The van der Waals surface area contributed by atoms with E-state index < -0.39 is 22.5 Å². The van der Waals surface area contributed by atoms with Crippen molar-refractivity contribution in [3.63, 3.8) is 0 Å². The molecule has 1 N–H and O–H groups in total. The van der Waals surface area contributed by atoms with E-state index >= 15 is 0 Å². The van der Waals surface area contributed by atoms with Crippen LogP contribution in [0, 0.1) is 6.92 Å². The van der Waals surface area contributed by atoms with Crippen LogP contribution in [0.1, 0.15) is 11.1 Å². The second-order valence-electron chi connectivity index (χ2n) is 8.07. The summed E-state index contributed by atoms with van der Waals surface area (Å²) < 4.78 is 45.6. The largest absolute Gasteiger partial charge is 0.496 e. The van der Waals surface area contributed by atoms with E-state index in [1.165, 1.54) is 38.6 Å². The fraction of sp³-hybridized carbons (Fsp3) is 0.185. The van der Waals surface area contributed by atoms with Crippen LogP contribution in [-0.4, -0.2) is 47.9 Å². The van der Waals surface area contributed by atoms with Crippen molar-refractivity contribution in [3.05, 3.63) is 87.3 Å². The average Bonchev–Trinajstić information content (AvgIpc) is 2.91. The minimum atomic E-state index is -4.12. The Hall–Kier alpha value is -3.35. The van der Waals surface area contributed by atoms with Crippen molar-refractivity contribution in [2.45, 2.75) is 11.8 Å². The molecule has 0 aliphatic heterocycles. The molecule has 3 rings (SSSR count). The van der Waals surface area contributed by atoms with E-state index in [0.29, 0.717) is 44.1 Å². The van der Waals surface area contributed by atoms with Crippen LogP contribution in [0.4, 0.5) is 5.69 Å². The quantitative estimate of drug-likeness (QED) is 0.155. The highest BCUT2D eigenvalue weighted by Gasteiger charge is 2.28. The van der Waals surface area contributed by atoms with Gasteiger partial charge in [-0.2, -0.15) is 5.10 Å². The van der Waals surface area contributed by atoms with Crippen molar-refractivity contribution >= 4 is 59.7 Å². The number of carbonyl (C=O) groups excluding carboxylic acids is 1. The van der Waals surface area contributed by atoms with Gasteiger partial charge in [0, 0.05) is 0 Å². The Morgan fingerprint density at radius 3 is 2.33 bits per heavy atom. The number of sulfonamides is 1. The molecule has 0 spiro atoms. The van der Waals surface area contributed by atoms with Gasteiger partial charge in [-0.05, 0) is 86.8 Å². The van der Waals surface area contributed by atoms with Gasteiger partial charge in [-0.1, -0.05) is 30.4 Å². The van der Waals surface area contributed by atoms with E-state index in [1.54, 1.807) is 42.5 Å². The molecule has 0 fully saturated rings. The van der Waals surface area contributed by atoms with Crippen LogP contribution in [0.3, 0.4) is 0 Å². The van der Waals surface area contributed by atoms with Crippen LogP contribution in [0.5, 0.6) is 17.2 Å². The van der Waals surface area contributed by atoms with Gasteiger partial charge in [-0.3, -0.25) is 9.10 Å². The number of nitrogens with one attached hydrogen (secondary N) is 1. The number of ether oxygens (including phenoxy) is 3. The van der Waals surface area contributed by atoms with Crippen molar-refractivity contribution in [3.8, 4) is 17.2 Å². The molecule has 0 saturated heterocycles. The summed E-state index contributed by atoms with van der Waals surface area (Å²) in [6.07, 6.45) is 3.03. The lowest BCUT2D eigenvalue weighted by Crippen LogP contribution is -2.39. The van der Waals surface area contributed by atoms with Gasteiger partial charge in [0.2, 0.25) is 0 Å². The minimum Gasteiger partial charge on any atom is -0.496 e. The van der Waals surface area contributed by atoms with E-state index in [2.05, 4.69) is 49.0 Å². The SMILES string of the molecule is C=CCOc1c(Br)cc(/C=N\NC(=O)CN(c2ccc(C)cc2)S(=O)(=O)c2ccc(OC)c(Br)c2)cc1OC. The third-order valence-electron chi connectivity index (χ3n) is 5.32. The summed E-state index contributed by atoms with van der Waals surface area (Å²) in [4.78, 5) is 12.9. The predicted octanol–water partition coefficient (Wildman–Crippen LogP) is 5.45. The molecule has 0 radical (unpaired) electrons. The zero-order chi connectivity index (χ0) is 28.6. The summed E-state index contributed by atoms with van der Waals surface area (Å²) in [7, 11) is -1.13. The number of hydrazone groups is 1. The standard InChI is InChI=1S/C27H27Br2N3O6S/c1-5-12-38-27-23(29)13-19(14-25(27)37-4)16-30-31-26(33)17-32(20-8-6-18(2)7-9-20)39(34,35)21-10-11-24(36-3)22(28)15-21/h5-11,13-16H,1,12,17H2,2-4H3,(H,31,33)/b30-16-. The normalized spacial score (nSPS) is 11.2. The molecule has 12 heteroatoms. The summed E-state index contributed by atoms with van der Waals surface area (Å²) in [6, 6.07) is 14.6. The van der Waals surface area contributed by atoms with Crippen LogP contribution >= 0.6 is 31.9 Å². The monoisotopic (exact) mass is 679 g/mol. The Balaban J connectivity index is 1.84. The molecular weight excluding hydrogens is 654 g/mol. The number of amides is 1. The molecule has 1 amide bonds. The van der Waals surface area contributed by atoms with E-state index in [-0.39, 0.29) is 4.90 Å². The number of rotatable bonds is 12. The molecule has 9 nitrogen and oxygen atoms in total. The van der Waals surface area contributed by atoms with Gasteiger partial charge in [-0.15, -0.1) is 0 Å². The molecule has 0 aromatic heterocycles. The number of methoxy groups -OCH3 is 2. The molecule has 3 aromatic carbocycles. The highest BCUT2D eigenvalue weighted by atomic mass is 79.9. The van der Waals surface area contributed by atoms with Crippen LogP contribution in [0.15, 0.2) is 86.2 Å². The van der Waals surface area contributed by atoms with Crippen LogP contribution in [0.25, 0.3) is 0 Å². The Bertz CT molecular complexity index is 1480. The van der Waals surface area contributed by atoms with Gasteiger partial charge in [-0.25, -0.2) is 13.8 Å². The van der Waals surface area contributed by atoms with E-state index in [1.807, 2.05) is 6.92 Å². The number of halogens is 2. The summed E-state index contributed by atoms with van der Waals surface area (Å²) in [5.74, 6) is 0.801. The molecule has 0 heterocycles. The van der Waals surface area contributed by atoms with Gasteiger partial charge in [0.25, 0.3) is 15.9 Å². The summed E-state index contributed by atoms with van der Waals surface area (Å²) in [5.41, 5.74) is 4.28. The number of benzene rings is 3. The number of carbonyl (C=O) groups is 1. The first-order chi connectivity index (χ1) is 18.6. The van der Waals surface area contributed by atoms with E-state index in [0.717, 1.165) is 9.87 Å². The lowest BCUT2D eigenvalue weighted by atomic mass is 10.2. The summed E-state index contributed by atoms with van der Waals surface area (Å²) in [6.45, 7) is 5.31. The average molecular weight is 681 g/mol. The highest BCUT2D eigenvalue weighted by molar-refractivity contribution is 9.11. The maximum atomic E-state index is 13.6. The lowest BCUT2D eigenvalue weighted by Gasteiger charge is -2.24. The van der Waals surface area contributed by atoms with Crippen LogP contribution < -0.4 is 23.9 Å². The van der Waals surface area contributed by atoms with Gasteiger partial charge in [0.05, 0.1) is 40.0 Å². The van der Waals surface area contributed by atoms with Crippen molar-refractivity contribution in [1.82, 2.24) is 5.43 Å². The van der Waals surface area contributed by atoms with Gasteiger partial charge >= 0.3 is 0 Å². The smallest absolute Gasteiger partial charge is 0.264 e. The Labute approximate surface area is 244 Å². The molecule has 0 bridgehead atoms. The molecule has 0 atom stereocenters. The van der Waals surface area contributed by atoms with Crippen LogP contribution in [-0.2, 0) is 14.8 Å². The minimum absolute atomic E-state index is 0.0113. The molecule has 3 aromatic rings. The Morgan fingerprint density at radius 1 is 1.03 bits per heavy atom. The second-order valence-corrected chi connectivity index (χ2v) is 11.6. The molecule has 0 aliphatic carbocycles. The first-order valence-electron chi connectivity index (χ1n) is 11.5. The Morgan fingerprint density at radius 2 is 1.72 bits per heavy atom. The first-order valence-corrected chi connectivity index (χ1v) is 14.5. The topological polar surface area (TPSA) is 107 Å². The summed E-state index contributed by atoms with van der Waals surface area (Å²) in [5, 5.41) is 4.00. The van der Waals surface area contributed by atoms with Crippen molar-refractivity contribution < 1.29 is 27.4 Å². The fourth-order valence-electron chi connectivity index (χ4n) is 3.40. The molecule has 0 aliphatic rings. The maximum absolute atomic E-state index is 13.6. The molecule has 39 heavy (non-hydrogen) atoms. The maximum Gasteiger partial charge on any atom is 0.264 e. The van der Waals surface area contributed by atoms with Gasteiger partial charge in [0.15, 0.2) is 11.5 Å². The van der Waals surface area contributed by atoms with Gasteiger partial charge < -0.3 is 14.2 Å². The Kier molecular flexibility index (Phi) is 10.6. The summed E-state index contributed by atoms with van der Waals surface area (Å²) >= 11 is 6.76. The molecule has 0 saturated carbocycles. The third kappa shape index (κ3) is 7.61. The van der Waals surface area contributed by atoms with Crippen LogP contribution in [0.2, 0.25) is 0 Å². The fourth-order valence-corrected chi connectivity index (χ4v) is 6.12. The van der Waals surface area contributed by atoms with E-state index in [9.17, 15) is 13.2 Å². The number of hydrogen-bond acceptors (Lipinski definition) is 7. The van der Waals surface area contributed by atoms with Crippen molar-refractivity contribution in [1.29, 1.82) is 0 Å². The lowest BCUT2D eigenvalue weighted by molar-refractivity contribution is -0.119. The van der Waals surface area contributed by atoms with Crippen molar-refractivity contribution in [2.75, 3.05) is 31.7 Å². The highest BCUT2D eigenvalue weighted by Crippen LogP contribution is 2.36. The first kappa shape index (κ1) is 30.2. The molecule has 0 unspecified atom stereocenters. The zero-order valence-electron chi connectivity index (χ0n) is 21.5. The van der Waals surface area contributed by atoms with Gasteiger partial charge in [0.1, 0.15) is 18.9 Å². The number of hydrogen-bond donors (Lipinski definition) is 1. The number of anilines is 1. The molecule has 206 valence electrons. The molecular formula is C27H27Br2N3O6S. The number of nitrogens with zero attached hydrogens (tertiary/aromatic N) is 2. The van der Waals surface area contributed by atoms with Crippen molar-refractivity contribution in [2.24, 2.45) is 5.10 Å². The second kappa shape index (κ2) is 13.6.